The molecule has 0 aromatic heterocycles. The van der Waals surface area contributed by atoms with Gasteiger partial charge in [0.05, 0.1) is 0 Å². The van der Waals surface area contributed by atoms with E-state index in [0.717, 1.165) is 0 Å². The minimum Gasteiger partial charge on any atom is -0.480 e. The van der Waals surface area contributed by atoms with Gasteiger partial charge in [0.2, 0.25) is 0 Å². The lowest BCUT2D eigenvalue weighted by atomic mass is 10.2. The Hall–Kier alpha value is -0.990. The fourth-order valence-corrected chi connectivity index (χ4v) is 0.506. The van der Waals surface area contributed by atoms with Crippen molar-refractivity contribution in [3.05, 3.63) is 12.8 Å². The van der Waals surface area contributed by atoms with Gasteiger partial charge in [-0.25, -0.2) is 4.79 Å². The minimum atomic E-state index is -0.836. The predicted octanol–water partition coefficient (Wildman–Crippen LogP) is 0.583. The van der Waals surface area contributed by atoms with Crippen LogP contribution in [0.2, 0.25) is 0 Å². The molecule has 0 amide bonds. The highest BCUT2D eigenvalue weighted by Gasteiger charge is 2.10. The van der Waals surface area contributed by atoms with E-state index in [-0.39, 0.29) is 0 Å². The molecule has 0 radical (unpaired) electrons. The zero-order valence-electron chi connectivity index (χ0n) is 5.42. The van der Waals surface area contributed by atoms with Crippen LogP contribution in [0.4, 0.5) is 0 Å². The fraction of sp³-hybridized carbons (Fsp3) is 0.500. The molecule has 1 atom stereocenters. The number of carbonyl (C=O) groups is 1. The van der Waals surface area contributed by atoms with E-state index in [1.807, 2.05) is 0 Å². The van der Waals surface area contributed by atoms with Crippen molar-refractivity contribution in [2.45, 2.75) is 19.4 Å². The van der Waals surface area contributed by atoms with Gasteiger partial charge >= 0.3 is 5.97 Å². The van der Waals surface area contributed by atoms with Crippen LogP contribution in [-0.4, -0.2) is 17.1 Å². The molecule has 0 aromatic rings. The van der Waals surface area contributed by atoms with E-state index in [0.29, 0.717) is 6.42 Å². The summed E-state index contributed by atoms with van der Waals surface area (Å²) < 4.78 is 0. The molecule has 3 heteroatoms. The Morgan fingerprint density at radius 1 is 2.00 bits per heavy atom. The van der Waals surface area contributed by atoms with Crippen molar-refractivity contribution in [3.63, 3.8) is 0 Å². The Balaban J connectivity index is 3.67. The molecule has 0 spiro atoms. The van der Waals surface area contributed by atoms with E-state index < -0.39 is 12.0 Å². The maximum absolute atomic E-state index is 10.2. The number of hydrogen-bond acceptors (Lipinski definition) is 2. The van der Waals surface area contributed by atoms with Crippen molar-refractivity contribution >= 4 is 5.97 Å². The molecule has 0 aliphatic heterocycles. The highest BCUT2D eigenvalue weighted by molar-refractivity contribution is 5.73. The predicted molar refractivity (Wildman–Crippen MR) is 35.0 cm³/mol. The molecular formula is C6H11NO2. The first-order valence-electron chi connectivity index (χ1n) is 2.82. The molecule has 52 valence electrons. The van der Waals surface area contributed by atoms with E-state index in [1.54, 1.807) is 6.92 Å². The number of aliphatic carboxylic acids is 1. The van der Waals surface area contributed by atoms with E-state index in [1.165, 1.54) is 6.20 Å². The van der Waals surface area contributed by atoms with E-state index in [4.69, 9.17) is 5.11 Å². The summed E-state index contributed by atoms with van der Waals surface area (Å²) in [6.07, 6.45) is 1.96. The van der Waals surface area contributed by atoms with Crippen LogP contribution in [0.1, 0.15) is 13.3 Å². The second-order valence-electron chi connectivity index (χ2n) is 1.67. The lowest BCUT2D eigenvalue weighted by molar-refractivity contribution is -0.139. The van der Waals surface area contributed by atoms with Crippen molar-refractivity contribution in [1.82, 2.24) is 5.32 Å². The first-order chi connectivity index (χ1) is 4.22. The minimum absolute atomic E-state index is 0.484. The second kappa shape index (κ2) is 3.95. The van der Waals surface area contributed by atoms with Crippen molar-refractivity contribution in [2.24, 2.45) is 0 Å². The number of carboxylic acid groups (broad SMARTS) is 1. The highest BCUT2D eigenvalue weighted by atomic mass is 16.4. The average Bonchev–Trinajstić information content (AvgIpc) is 1.82. The van der Waals surface area contributed by atoms with Crippen LogP contribution in [-0.2, 0) is 4.79 Å². The molecule has 0 aromatic carbocycles. The van der Waals surface area contributed by atoms with Crippen molar-refractivity contribution in [3.8, 4) is 0 Å². The van der Waals surface area contributed by atoms with Crippen LogP contribution in [0.15, 0.2) is 12.8 Å². The molecule has 0 aliphatic rings. The van der Waals surface area contributed by atoms with Crippen LogP contribution in [0.5, 0.6) is 0 Å². The van der Waals surface area contributed by atoms with Crippen molar-refractivity contribution in [2.75, 3.05) is 0 Å². The molecule has 0 heterocycles. The van der Waals surface area contributed by atoms with Gasteiger partial charge in [-0.2, -0.15) is 0 Å². The Labute approximate surface area is 54.4 Å². The summed E-state index contributed by atoms with van der Waals surface area (Å²) in [5.41, 5.74) is 0. The van der Waals surface area contributed by atoms with Gasteiger partial charge in [-0.3, -0.25) is 0 Å². The van der Waals surface area contributed by atoms with Crippen molar-refractivity contribution < 1.29 is 9.90 Å². The van der Waals surface area contributed by atoms with Gasteiger partial charge in [-0.05, 0) is 12.6 Å². The van der Waals surface area contributed by atoms with Crippen LogP contribution < -0.4 is 5.32 Å². The normalized spacial score (nSPS) is 12.1. The molecule has 2 N–H and O–H groups in total. The van der Waals surface area contributed by atoms with Gasteiger partial charge in [0.25, 0.3) is 0 Å². The molecule has 0 saturated carbocycles. The fourth-order valence-electron chi connectivity index (χ4n) is 0.506. The zero-order valence-corrected chi connectivity index (χ0v) is 5.42. The molecule has 3 nitrogen and oxygen atoms in total. The zero-order chi connectivity index (χ0) is 7.28. The standard InChI is InChI=1S/C6H11NO2/c1-3-5(6(8)9)7-4-2/h4-5,7H,2-3H2,1H3,(H,8,9). The Kier molecular flexibility index (Phi) is 3.51. The van der Waals surface area contributed by atoms with Gasteiger partial charge in [0.1, 0.15) is 6.04 Å². The maximum Gasteiger partial charge on any atom is 0.326 e. The first kappa shape index (κ1) is 8.01. The van der Waals surface area contributed by atoms with Gasteiger partial charge in [0, 0.05) is 0 Å². The van der Waals surface area contributed by atoms with Crippen LogP contribution in [0.3, 0.4) is 0 Å². The quantitative estimate of drug-likeness (QED) is 0.583. The Morgan fingerprint density at radius 2 is 2.56 bits per heavy atom. The lowest BCUT2D eigenvalue weighted by Gasteiger charge is -2.07. The van der Waals surface area contributed by atoms with Gasteiger partial charge < -0.3 is 10.4 Å². The van der Waals surface area contributed by atoms with Crippen LogP contribution in [0.25, 0.3) is 0 Å². The Bertz CT molecular complexity index is 112. The molecule has 0 fully saturated rings. The molecule has 0 saturated heterocycles. The molecule has 0 rings (SSSR count). The largest absolute Gasteiger partial charge is 0.480 e. The van der Waals surface area contributed by atoms with Crippen molar-refractivity contribution in [1.29, 1.82) is 0 Å². The molecule has 0 bridgehead atoms. The van der Waals surface area contributed by atoms with E-state index >= 15 is 0 Å². The summed E-state index contributed by atoms with van der Waals surface area (Å²) >= 11 is 0. The molecular weight excluding hydrogens is 118 g/mol. The Morgan fingerprint density at radius 3 is 2.67 bits per heavy atom. The molecule has 0 aliphatic carbocycles. The number of hydrogen-bond donors (Lipinski definition) is 2. The third-order valence-corrected chi connectivity index (χ3v) is 1.03. The maximum atomic E-state index is 10.2. The van der Waals surface area contributed by atoms with Gasteiger partial charge in [-0.15, -0.1) is 0 Å². The summed E-state index contributed by atoms with van der Waals surface area (Å²) in [6.45, 7) is 5.16. The van der Waals surface area contributed by atoms with Gasteiger partial charge in [0.15, 0.2) is 0 Å². The second-order valence-corrected chi connectivity index (χ2v) is 1.67. The molecule has 1 unspecified atom stereocenters. The monoisotopic (exact) mass is 129 g/mol. The third-order valence-electron chi connectivity index (χ3n) is 1.03. The van der Waals surface area contributed by atoms with Gasteiger partial charge in [-0.1, -0.05) is 13.5 Å². The summed E-state index contributed by atoms with van der Waals surface area (Å²) in [7, 11) is 0. The van der Waals surface area contributed by atoms with E-state index in [9.17, 15) is 4.79 Å². The summed E-state index contributed by atoms with van der Waals surface area (Å²) in [4.78, 5) is 10.2. The third kappa shape index (κ3) is 2.74. The van der Waals surface area contributed by atoms with E-state index in [2.05, 4.69) is 11.9 Å². The molecule has 9 heavy (non-hydrogen) atoms. The SMILES string of the molecule is C=CNC(CC)C(=O)O. The van der Waals surface area contributed by atoms with Crippen LogP contribution in [0, 0.1) is 0 Å². The first-order valence-corrected chi connectivity index (χ1v) is 2.82. The summed E-state index contributed by atoms with van der Waals surface area (Å²) in [5, 5.41) is 11.0. The number of carboxylic acids is 1. The number of nitrogens with one attached hydrogen (secondary N) is 1. The average molecular weight is 129 g/mol. The summed E-state index contributed by atoms with van der Waals surface area (Å²) in [5.74, 6) is -0.836. The smallest absolute Gasteiger partial charge is 0.326 e. The topological polar surface area (TPSA) is 49.3 Å². The lowest BCUT2D eigenvalue weighted by Crippen LogP contribution is -2.31. The van der Waals surface area contributed by atoms with Crippen LogP contribution >= 0.6 is 0 Å². The highest BCUT2D eigenvalue weighted by Crippen LogP contribution is 1.88. The summed E-state index contributed by atoms with van der Waals surface area (Å²) in [6, 6.07) is -0.484. The number of rotatable bonds is 4.